The monoisotopic (exact) mass is 502 g/mol. The molecule has 0 radical (unpaired) electrons. The second-order valence-corrected chi connectivity index (χ2v) is 8.04. The Morgan fingerprint density at radius 3 is 2.79 bits per heavy atom. The van der Waals surface area contributed by atoms with Crippen molar-refractivity contribution in [3.05, 3.63) is 24.2 Å². The van der Waals surface area contributed by atoms with Gasteiger partial charge < -0.3 is 19.4 Å². The molecule has 158 valence electrons. The Labute approximate surface area is 186 Å². The Hall–Kier alpha value is -0.800. The molecule has 2 atom stereocenters. The van der Waals surface area contributed by atoms with E-state index in [9.17, 15) is 0 Å². The fourth-order valence-electron chi connectivity index (χ4n) is 4.50. The Balaban J connectivity index is 0.00000225. The molecule has 1 aromatic rings. The van der Waals surface area contributed by atoms with Gasteiger partial charge in [0.25, 0.3) is 0 Å². The Morgan fingerprint density at radius 1 is 1.14 bits per heavy atom. The van der Waals surface area contributed by atoms with E-state index in [4.69, 9.17) is 14.1 Å². The highest BCUT2D eigenvalue weighted by atomic mass is 127. The van der Waals surface area contributed by atoms with Gasteiger partial charge in [0.2, 0.25) is 0 Å². The van der Waals surface area contributed by atoms with E-state index in [1.165, 1.54) is 45.2 Å². The number of nitrogens with zero attached hydrogens (tertiary/aromatic N) is 3. The molecule has 3 aliphatic rings. The molecule has 4 rings (SSSR count). The molecule has 0 amide bonds. The highest BCUT2D eigenvalue weighted by molar-refractivity contribution is 14.0. The lowest BCUT2D eigenvalue weighted by atomic mass is 10.1. The summed E-state index contributed by atoms with van der Waals surface area (Å²) in [5.41, 5.74) is 0. The van der Waals surface area contributed by atoms with Crippen LogP contribution < -0.4 is 5.32 Å². The Bertz CT molecular complexity index is 583. The van der Waals surface area contributed by atoms with Crippen molar-refractivity contribution in [1.29, 1.82) is 0 Å². The van der Waals surface area contributed by atoms with Crippen LogP contribution in [-0.4, -0.2) is 73.8 Å². The second kappa shape index (κ2) is 11.4. The third-order valence-corrected chi connectivity index (χ3v) is 6.07. The molecular weight excluding hydrogens is 467 g/mol. The van der Waals surface area contributed by atoms with Gasteiger partial charge in [-0.05, 0) is 63.7 Å². The molecule has 0 spiro atoms. The van der Waals surface area contributed by atoms with Gasteiger partial charge in [-0.2, -0.15) is 0 Å². The minimum absolute atomic E-state index is 0. The van der Waals surface area contributed by atoms with Crippen LogP contribution in [0.2, 0.25) is 0 Å². The number of hydrogen-bond acceptors (Lipinski definition) is 4. The lowest BCUT2D eigenvalue weighted by Gasteiger charge is -2.26. The van der Waals surface area contributed by atoms with Crippen LogP contribution in [0.4, 0.5) is 0 Å². The smallest absolute Gasteiger partial charge is 0.194 e. The van der Waals surface area contributed by atoms with Crippen molar-refractivity contribution in [1.82, 2.24) is 15.1 Å². The van der Waals surface area contributed by atoms with E-state index in [-0.39, 0.29) is 30.1 Å². The normalized spacial score (nSPS) is 26.4. The number of nitrogens with one attached hydrogen (secondary N) is 1. The fraction of sp³-hybridized carbons (Fsp3) is 0.762. The summed E-state index contributed by atoms with van der Waals surface area (Å²) in [5, 5.41) is 3.59. The van der Waals surface area contributed by atoms with Gasteiger partial charge in [-0.3, -0.25) is 9.89 Å². The SMILES string of the molecule is I.c1coc(CCNC(=NCC2CCCCO2)N2CCC(N3CCCC3)C2)c1. The first kappa shape index (κ1) is 21.9. The Morgan fingerprint density at radius 2 is 2.04 bits per heavy atom. The molecule has 28 heavy (non-hydrogen) atoms. The summed E-state index contributed by atoms with van der Waals surface area (Å²) in [6, 6.07) is 4.68. The summed E-state index contributed by atoms with van der Waals surface area (Å²) < 4.78 is 11.3. The van der Waals surface area contributed by atoms with E-state index < -0.39 is 0 Å². The van der Waals surface area contributed by atoms with Gasteiger partial charge in [0, 0.05) is 38.7 Å². The van der Waals surface area contributed by atoms with Crippen molar-refractivity contribution < 1.29 is 9.15 Å². The van der Waals surface area contributed by atoms with Gasteiger partial charge >= 0.3 is 0 Å². The van der Waals surface area contributed by atoms with Gasteiger partial charge in [-0.25, -0.2) is 0 Å². The molecule has 1 N–H and O–H groups in total. The van der Waals surface area contributed by atoms with E-state index in [2.05, 4.69) is 15.1 Å². The molecule has 0 bridgehead atoms. The first-order valence-electron chi connectivity index (χ1n) is 10.8. The van der Waals surface area contributed by atoms with Gasteiger partial charge in [-0.15, -0.1) is 24.0 Å². The molecule has 0 aliphatic carbocycles. The van der Waals surface area contributed by atoms with Crippen molar-refractivity contribution in [2.75, 3.05) is 45.9 Å². The van der Waals surface area contributed by atoms with Crippen LogP contribution in [-0.2, 0) is 11.2 Å². The zero-order chi connectivity index (χ0) is 18.3. The van der Waals surface area contributed by atoms with Crippen LogP contribution >= 0.6 is 24.0 Å². The molecule has 2 unspecified atom stereocenters. The number of ether oxygens (including phenoxy) is 1. The average molecular weight is 502 g/mol. The molecule has 3 aliphatic heterocycles. The van der Waals surface area contributed by atoms with Gasteiger partial charge in [0.15, 0.2) is 5.96 Å². The predicted molar refractivity (Wildman–Crippen MR) is 123 cm³/mol. The summed E-state index contributed by atoms with van der Waals surface area (Å²) in [4.78, 5) is 10.1. The first-order chi connectivity index (χ1) is 13.4. The maximum atomic E-state index is 5.88. The first-order valence-corrected chi connectivity index (χ1v) is 10.8. The van der Waals surface area contributed by atoms with Gasteiger partial charge in [0.05, 0.1) is 18.9 Å². The lowest BCUT2D eigenvalue weighted by molar-refractivity contribution is 0.0223. The summed E-state index contributed by atoms with van der Waals surface area (Å²) in [6.07, 6.45) is 10.5. The molecule has 3 saturated heterocycles. The van der Waals surface area contributed by atoms with Crippen LogP contribution in [0.1, 0.15) is 44.3 Å². The van der Waals surface area contributed by atoms with Crippen LogP contribution in [0, 0.1) is 0 Å². The van der Waals surface area contributed by atoms with Crippen molar-refractivity contribution in [3.8, 4) is 0 Å². The Kier molecular flexibility index (Phi) is 8.92. The zero-order valence-corrected chi connectivity index (χ0v) is 19.2. The van der Waals surface area contributed by atoms with Crippen LogP contribution in [0.25, 0.3) is 0 Å². The quantitative estimate of drug-likeness (QED) is 0.368. The van der Waals surface area contributed by atoms with Gasteiger partial charge in [-0.1, -0.05) is 0 Å². The minimum atomic E-state index is 0. The third-order valence-electron chi connectivity index (χ3n) is 6.07. The number of guanidine groups is 1. The molecule has 6 nitrogen and oxygen atoms in total. The maximum Gasteiger partial charge on any atom is 0.194 e. The molecule has 1 aromatic heterocycles. The summed E-state index contributed by atoms with van der Waals surface area (Å²) in [7, 11) is 0. The van der Waals surface area contributed by atoms with E-state index in [1.54, 1.807) is 6.26 Å². The zero-order valence-electron chi connectivity index (χ0n) is 16.9. The topological polar surface area (TPSA) is 53.2 Å². The van der Waals surface area contributed by atoms with E-state index >= 15 is 0 Å². The highest BCUT2D eigenvalue weighted by Crippen LogP contribution is 2.21. The molecule has 4 heterocycles. The molecule has 0 aromatic carbocycles. The molecule has 0 saturated carbocycles. The standard InChI is InChI=1S/C21H34N4O2.HI/c1-4-14-27-20(6-1)16-23-21(22-10-8-19-7-5-15-26-19)25-13-9-18(17-25)24-11-2-3-12-24;/h5,7,15,18,20H,1-4,6,8-14,16-17H2,(H,22,23);1H. The largest absolute Gasteiger partial charge is 0.469 e. The molecule has 7 heteroatoms. The summed E-state index contributed by atoms with van der Waals surface area (Å²) >= 11 is 0. The van der Waals surface area contributed by atoms with Crippen molar-refractivity contribution in [3.63, 3.8) is 0 Å². The van der Waals surface area contributed by atoms with Crippen LogP contribution in [0.3, 0.4) is 0 Å². The third kappa shape index (κ3) is 6.10. The summed E-state index contributed by atoms with van der Waals surface area (Å²) in [6.45, 7) is 7.25. The maximum absolute atomic E-state index is 5.88. The number of likely N-dealkylation sites (tertiary alicyclic amines) is 2. The van der Waals surface area contributed by atoms with Crippen LogP contribution in [0.5, 0.6) is 0 Å². The molecular formula is C21H35IN4O2. The lowest BCUT2D eigenvalue weighted by Crippen LogP contribution is -2.43. The number of furan rings is 1. The predicted octanol–water partition coefficient (Wildman–Crippen LogP) is 3.12. The van der Waals surface area contributed by atoms with Crippen molar-refractivity contribution in [2.45, 2.75) is 57.1 Å². The van der Waals surface area contributed by atoms with Crippen molar-refractivity contribution in [2.24, 2.45) is 4.99 Å². The van der Waals surface area contributed by atoms with E-state index in [0.717, 1.165) is 57.3 Å². The number of halogens is 1. The van der Waals surface area contributed by atoms with Crippen LogP contribution in [0.15, 0.2) is 27.8 Å². The second-order valence-electron chi connectivity index (χ2n) is 8.04. The summed E-state index contributed by atoms with van der Waals surface area (Å²) in [5.74, 6) is 2.08. The van der Waals surface area contributed by atoms with E-state index in [1.807, 2.05) is 12.1 Å². The van der Waals surface area contributed by atoms with Crippen molar-refractivity contribution >= 4 is 29.9 Å². The molecule has 3 fully saturated rings. The highest BCUT2D eigenvalue weighted by Gasteiger charge is 2.30. The number of rotatable bonds is 6. The minimum Gasteiger partial charge on any atom is -0.469 e. The average Bonchev–Trinajstić information content (AvgIpc) is 3.47. The number of aliphatic imine (C=N–C) groups is 1. The van der Waals surface area contributed by atoms with Gasteiger partial charge in [0.1, 0.15) is 5.76 Å². The number of hydrogen-bond donors (Lipinski definition) is 1. The van der Waals surface area contributed by atoms with E-state index in [0.29, 0.717) is 6.04 Å². The fourth-order valence-corrected chi connectivity index (χ4v) is 4.50.